The van der Waals surface area contributed by atoms with Crippen molar-refractivity contribution in [1.29, 1.82) is 0 Å². The van der Waals surface area contributed by atoms with Gasteiger partial charge in [-0.15, -0.1) is 0 Å². The topological polar surface area (TPSA) is 76.2 Å². The minimum absolute atomic E-state index is 0.161. The number of amides is 1. The first-order valence-electron chi connectivity index (χ1n) is 10.4. The second-order valence-corrected chi connectivity index (χ2v) is 9.81. The highest BCUT2D eigenvalue weighted by Gasteiger charge is 2.31. The molecule has 2 aromatic rings. The van der Waals surface area contributed by atoms with Crippen molar-refractivity contribution in [3.8, 4) is 11.5 Å². The molecule has 3 rings (SSSR count). The number of sulfonamides is 1. The molecule has 1 aliphatic heterocycles. The SMILES string of the molecule is COc1cc(/C=C/C(=O)N2CCN(S(=O)(=O)c3c(C)cc(C)cc3C)CC2)cc(OC)c1. The zero-order chi connectivity index (χ0) is 23.5. The summed E-state index contributed by atoms with van der Waals surface area (Å²) in [5.74, 6) is 1.11. The summed E-state index contributed by atoms with van der Waals surface area (Å²) >= 11 is 0. The van der Waals surface area contributed by atoms with Crippen LogP contribution in [0.3, 0.4) is 0 Å². The molecule has 2 aromatic carbocycles. The van der Waals surface area contributed by atoms with Gasteiger partial charge in [0.15, 0.2) is 0 Å². The predicted octanol–water partition coefficient (Wildman–Crippen LogP) is 3.18. The number of benzene rings is 2. The molecule has 0 radical (unpaired) electrons. The van der Waals surface area contributed by atoms with Gasteiger partial charge in [-0.05, 0) is 55.7 Å². The number of ether oxygens (including phenoxy) is 2. The first-order chi connectivity index (χ1) is 15.1. The van der Waals surface area contributed by atoms with E-state index in [1.807, 2.05) is 45.0 Å². The summed E-state index contributed by atoms with van der Waals surface area (Å²) in [6.45, 7) is 6.82. The van der Waals surface area contributed by atoms with Gasteiger partial charge >= 0.3 is 0 Å². The lowest BCUT2D eigenvalue weighted by molar-refractivity contribution is -0.127. The van der Waals surface area contributed by atoms with Crippen LogP contribution < -0.4 is 9.47 Å². The number of hydrogen-bond acceptors (Lipinski definition) is 5. The molecule has 0 unspecified atom stereocenters. The summed E-state index contributed by atoms with van der Waals surface area (Å²) in [6.07, 6.45) is 3.20. The molecule has 8 heteroatoms. The van der Waals surface area contributed by atoms with Gasteiger partial charge in [-0.25, -0.2) is 8.42 Å². The maximum atomic E-state index is 13.2. The Morgan fingerprint density at radius 1 is 0.875 bits per heavy atom. The Balaban J connectivity index is 1.68. The molecule has 0 saturated carbocycles. The van der Waals surface area contributed by atoms with E-state index in [0.29, 0.717) is 29.5 Å². The van der Waals surface area contributed by atoms with Crippen molar-refractivity contribution in [3.63, 3.8) is 0 Å². The normalized spacial score (nSPS) is 15.2. The Bertz CT molecular complexity index is 1090. The third-order valence-electron chi connectivity index (χ3n) is 5.54. The van der Waals surface area contributed by atoms with E-state index in [1.165, 1.54) is 10.4 Å². The number of piperazine rings is 1. The van der Waals surface area contributed by atoms with Crippen LogP contribution in [0.4, 0.5) is 0 Å². The molecule has 1 amide bonds. The zero-order valence-electron chi connectivity index (χ0n) is 19.2. The number of carbonyl (C=O) groups excluding carboxylic acids is 1. The molecule has 32 heavy (non-hydrogen) atoms. The van der Waals surface area contributed by atoms with Crippen molar-refractivity contribution < 1.29 is 22.7 Å². The van der Waals surface area contributed by atoms with Crippen LogP contribution in [0.1, 0.15) is 22.3 Å². The van der Waals surface area contributed by atoms with Crippen LogP contribution in [0.2, 0.25) is 0 Å². The highest BCUT2D eigenvalue weighted by molar-refractivity contribution is 7.89. The van der Waals surface area contributed by atoms with E-state index >= 15 is 0 Å². The van der Waals surface area contributed by atoms with Crippen LogP contribution >= 0.6 is 0 Å². The second-order valence-electron chi connectivity index (χ2n) is 7.94. The number of nitrogens with zero attached hydrogens (tertiary/aromatic N) is 2. The van der Waals surface area contributed by atoms with Crippen LogP contribution in [0.5, 0.6) is 11.5 Å². The summed E-state index contributed by atoms with van der Waals surface area (Å²) in [6, 6.07) is 9.15. The van der Waals surface area contributed by atoms with Gasteiger partial charge in [0.2, 0.25) is 15.9 Å². The van der Waals surface area contributed by atoms with Crippen molar-refractivity contribution in [2.75, 3.05) is 40.4 Å². The first kappa shape index (κ1) is 23.8. The van der Waals surface area contributed by atoms with Crippen LogP contribution in [-0.2, 0) is 14.8 Å². The molecule has 0 N–H and O–H groups in total. The lowest BCUT2D eigenvalue weighted by atomic mass is 10.1. The molecule has 1 heterocycles. The van der Waals surface area contributed by atoms with Gasteiger partial charge in [0.25, 0.3) is 0 Å². The first-order valence-corrected chi connectivity index (χ1v) is 11.9. The number of carbonyl (C=O) groups is 1. The largest absolute Gasteiger partial charge is 0.497 e. The Kier molecular flexibility index (Phi) is 7.26. The number of methoxy groups -OCH3 is 2. The van der Waals surface area contributed by atoms with E-state index in [1.54, 1.807) is 31.3 Å². The molecule has 0 spiro atoms. The van der Waals surface area contributed by atoms with Crippen LogP contribution in [0, 0.1) is 20.8 Å². The molecule has 0 bridgehead atoms. The van der Waals surface area contributed by atoms with Crippen LogP contribution in [0.25, 0.3) is 6.08 Å². The summed E-state index contributed by atoms with van der Waals surface area (Å²) in [5.41, 5.74) is 3.31. The monoisotopic (exact) mass is 458 g/mol. The van der Waals surface area contributed by atoms with Gasteiger partial charge in [0.05, 0.1) is 19.1 Å². The molecule has 1 saturated heterocycles. The maximum Gasteiger partial charge on any atom is 0.246 e. The lowest BCUT2D eigenvalue weighted by Gasteiger charge is -2.34. The van der Waals surface area contributed by atoms with Crippen LogP contribution in [0.15, 0.2) is 41.3 Å². The minimum Gasteiger partial charge on any atom is -0.497 e. The van der Waals surface area contributed by atoms with E-state index in [0.717, 1.165) is 22.3 Å². The third-order valence-corrected chi connectivity index (χ3v) is 7.75. The van der Waals surface area contributed by atoms with E-state index < -0.39 is 10.0 Å². The van der Waals surface area contributed by atoms with Gasteiger partial charge in [-0.1, -0.05) is 17.7 Å². The molecule has 172 valence electrons. The lowest BCUT2D eigenvalue weighted by Crippen LogP contribution is -2.50. The molecule has 0 atom stereocenters. The highest BCUT2D eigenvalue weighted by Crippen LogP contribution is 2.26. The Morgan fingerprint density at radius 3 is 1.91 bits per heavy atom. The summed E-state index contributed by atoms with van der Waals surface area (Å²) in [4.78, 5) is 14.7. The Hall–Kier alpha value is -2.84. The number of hydrogen-bond donors (Lipinski definition) is 0. The molecule has 1 aliphatic rings. The van der Waals surface area contributed by atoms with Crippen molar-refractivity contribution in [3.05, 3.63) is 58.7 Å². The van der Waals surface area contributed by atoms with Crippen molar-refractivity contribution in [1.82, 2.24) is 9.21 Å². The predicted molar refractivity (Wildman–Crippen MR) is 125 cm³/mol. The summed E-state index contributed by atoms with van der Waals surface area (Å²) in [7, 11) is -0.470. The molecule has 1 fully saturated rings. The second kappa shape index (κ2) is 9.75. The van der Waals surface area contributed by atoms with Gasteiger partial charge < -0.3 is 14.4 Å². The molecule has 7 nitrogen and oxygen atoms in total. The number of rotatable bonds is 6. The molecular weight excluding hydrogens is 428 g/mol. The van der Waals surface area contributed by atoms with Gasteiger partial charge in [-0.2, -0.15) is 4.31 Å². The fourth-order valence-electron chi connectivity index (χ4n) is 4.05. The summed E-state index contributed by atoms with van der Waals surface area (Å²) < 4.78 is 38.4. The zero-order valence-corrected chi connectivity index (χ0v) is 20.0. The van der Waals surface area contributed by atoms with E-state index in [9.17, 15) is 13.2 Å². The van der Waals surface area contributed by atoms with E-state index in [2.05, 4.69) is 0 Å². The molecule has 0 aromatic heterocycles. The van der Waals surface area contributed by atoms with Crippen molar-refractivity contribution in [2.24, 2.45) is 0 Å². The van der Waals surface area contributed by atoms with Crippen molar-refractivity contribution in [2.45, 2.75) is 25.7 Å². The minimum atomic E-state index is -3.61. The fourth-order valence-corrected chi connectivity index (χ4v) is 5.88. The highest BCUT2D eigenvalue weighted by atomic mass is 32.2. The average Bonchev–Trinajstić information content (AvgIpc) is 2.76. The number of aryl methyl sites for hydroxylation is 3. The fraction of sp³-hybridized carbons (Fsp3) is 0.375. The Labute approximate surface area is 190 Å². The quantitative estimate of drug-likeness (QED) is 0.622. The maximum absolute atomic E-state index is 13.2. The average molecular weight is 459 g/mol. The Morgan fingerprint density at radius 2 is 1.41 bits per heavy atom. The van der Waals surface area contributed by atoms with Gasteiger partial charge in [0, 0.05) is 38.3 Å². The molecular formula is C24H30N2O5S. The standard InChI is InChI=1S/C24H30N2O5S/c1-17-12-18(2)24(19(3)13-17)32(28,29)26-10-8-25(9-11-26)23(27)7-6-20-14-21(30-4)16-22(15-20)31-5/h6-7,12-16H,8-11H2,1-5H3/b7-6+. The van der Waals surface area contributed by atoms with Gasteiger partial charge in [-0.3, -0.25) is 4.79 Å². The van der Waals surface area contributed by atoms with Crippen LogP contribution in [-0.4, -0.2) is 63.9 Å². The third kappa shape index (κ3) is 5.14. The van der Waals surface area contributed by atoms with Gasteiger partial charge in [0.1, 0.15) is 11.5 Å². The van der Waals surface area contributed by atoms with E-state index in [-0.39, 0.29) is 19.0 Å². The van der Waals surface area contributed by atoms with E-state index in [4.69, 9.17) is 9.47 Å². The molecule has 0 aliphatic carbocycles. The smallest absolute Gasteiger partial charge is 0.246 e. The summed E-state index contributed by atoms with van der Waals surface area (Å²) in [5, 5.41) is 0. The van der Waals surface area contributed by atoms with Crippen molar-refractivity contribution >= 4 is 22.0 Å².